The Balaban J connectivity index is 1.71. The van der Waals surface area contributed by atoms with Crippen LogP contribution in [0.1, 0.15) is 45.6 Å². The van der Waals surface area contributed by atoms with E-state index in [2.05, 4.69) is 10.0 Å². The third-order valence-electron chi connectivity index (χ3n) is 5.31. The Morgan fingerprint density at radius 3 is 2.21 bits per heavy atom. The number of ether oxygens (including phenoxy) is 1. The molecule has 0 bridgehead atoms. The number of carbonyl (C=O) groups excluding carboxylic acids is 1. The number of rotatable bonds is 9. The first-order chi connectivity index (χ1) is 13.8. The van der Waals surface area contributed by atoms with Crippen molar-refractivity contribution in [2.45, 2.75) is 56.4 Å². The maximum Gasteiger partial charge on any atom is 0.261 e. The molecule has 29 heavy (non-hydrogen) atoms. The lowest BCUT2D eigenvalue weighted by Crippen LogP contribution is -2.39. The number of anilines is 1. The van der Waals surface area contributed by atoms with Crippen LogP contribution in [0.2, 0.25) is 0 Å². The van der Waals surface area contributed by atoms with Crippen molar-refractivity contribution in [1.82, 2.24) is 5.32 Å². The molecule has 3 rings (SSSR count). The van der Waals surface area contributed by atoms with Crippen molar-refractivity contribution < 1.29 is 17.9 Å². The van der Waals surface area contributed by atoms with Crippen LogP contribution in [0.4, 0.5) is 5.69 Å². The summed E-state index contributed by atoms with van der Waals surface area (Å²) in [5, 5.41) is 3.06. The number of carbonyl (C=O) groups is 1. The van der Waals surface area contributed by atoms with Gasteiger partial charge in [-0.2, -0.15) is 0 Å². The summed E-state index contributed by atoms with van der Waals surface area (Å²) in [6.07, 6.45) is 2.51. The highest BCUT2D eigenvalue weighted by molar-refractivity contribution is 7.92. The Kier molecular flexibility index (Phi) is 6.17. The smallest absolute Gasteiger partial charge is 0.261 e. The molecule has 2 N–H and O–H groups in total. The van der Waals surface area contributed by atoms with Gasteiger partial charge in [0.05, 0.1) is 16.9 Å². The minimum Gasteiger partial charge on any atom is -0.494 e. The van der Waals surface area contributed by atoms with Crippen LogP contribution in [0.15, 0.2) is 53.4 Å². The summed E-state index contributed by atoms with van der Waals surface area (Å²) in [4.78, 5) is 12.8. The SMILES string of the molecule is CCOc1ccc(S(=O)(=O)Nc2ccc(C3(C(=O)NC(C)CC)CC3)cc2)cc1. The zero-order valence-corrected chi connectivity index (χ0v) is 17.9. The van der Waals surface area contributed by atoms with E-state index in [1.165, 1.54) is 12.1 Å². The van der Waals surface area contributed by atoms with Crippen LogP contribution in [-0.2, 0) is 20.2 Å². The van der Waals surface area contributed by atoms with Crippen molar-refractivity contribution in [3.05, 3.63) is 54.1 Å². The van der Waals surface area contributed by atoms with E-state index in [4.69, 9.17) is 4.74 Å². The first-order valence-corrected chi connectivity index (χ1v) is 11.5. The summed E-state index contributed by atoms with van der Waals surface area (Å²) in [6, 6.07) is 13.5. The van der Waals surface area contributed by atoms with Gasteiger partial charge in [-0.3, -0.25) is 9.52 Å². The molecule has 1 unspecified atom stereocenters. The summed E-state index contributed by atoms with van der Waals surface area (Å²) in [6.45, 7) is 6.42. The molecule has 1 aliphatic rings. The number of benzene rings is 2. The van der Waals surface area contributed by atoms with E-state index in [0.717, 1.165) is 24.8 Å². The maximum absolute atomic E-state index is 12.6. The van der Waals surface area contributed by atoms with Gasteiger partial charge in [-0.05, 0) is 75.1 Å². The Morgan fingerprint density at radius 1 is 1.07 bits per heavy atom. The zero-order chi connectivity index (χ0) is 21.1. The number of nitrogens with one attached hydrogen (secondary N) is 2. The molecule has 1 aliphatic carbocycles. The second-order valence-electron chi connectivity index (χ2n) is 7.45. The number of amides is 1. The second kappa shape index (κ2) is 8.45. The van der Waals surface area contributed by atoms with Gasteiger partial charge in [0, 0.05) is 11.7 Å². The van der Waals surface area contributed by atoms with Crippen LogP contribution in [0.3, 0.4) is 0 Å². The van der Waals surface area contributed by atoms with E-state index < -0.39 is 15.4 Å². The molecule has 0 aromatic heterocycles. The van der Waals surface area contributed by atoms with Crippen molar-refractivity contribution in [2.24, 2.45) is 0 Å². The number of hydrogen-bond donors (Lipinski definition) is 2. The van der Waals surface area contributed by atoms with E-state index in [-0.39, 0.29) is 16.8 Å². The molecule has 1 fully saturated rings. The van der Waals surface area contributed by atoms with E-state index in [0.29, 0.717) is 18.0 Å². The number of hydrogen-bond acceptors (Lipinski definition) is 4. The third-order valence-corrected chi connectivity index (χ3v) is 6.71. The zero-order valence-electron chi connectivity index (χ0n) is 17.1. The van der Waals surface area contributed by atoms with Gasteiger partial charge in [-0.15, -0.1) is 0 Å². The maximum atomic E-state index is 12.6. The topological polar surface area (TPSA) is 84.5 Å². The van der Waals surface area contributed by atoms with Gasteiger partial charge in [-0.25, -0.2) is 8.42 Å². The Hall–Kier alpha value is -2.54. The van der Waals surface area contributed by atoms with Gasteiger partial charge in [0.2, 0.25) is 5.91 Å². The molecule has 156 valence electrons. The van der Waals surface area contributed by atoms with E-state index in [1.807, 2.05) is 32.9 Å². The van der Waals surface area contributed by atoms with Crippen molar-refractivity contribution >= 4 is 21.6 Å². The highest BCUT2D eigenvalue weighted by Crippen LogP contribution is 2.48. The summed E-state index contributed by atoms with van der Waals surface area (Å²) < 4.78 is 33.2. The van der Waals surface area contributed by atoms with Gasteiger partial charge in [0.25, 0.3) is 10.0 Å². The standard InChI is InChI=1S/C22H28N2O4S/c1-4-16(3)23-21(25)22(14-15-22)17-6-8-18(9-7-17)24-29(26,27)20-12-10-19(11-13-20)28-5-2/h6-13,16,24H,4-5,14-15H2,1-3H3,(H,23,25). The molecule has 7 heteroatoms. The van der Waals surface area contributed by atoms with E-state index in [1.54, 1.807) is 24.3 Å². The molecular weight excluding hydrogens is 388 g/mol. The average molecular weight is 417 g/mol. The third kappa shape index (κ3) is 4.72. The Labute approximate surface area is 172 Å². The lowest BCUT2D eigenvalue weighted by Gasteiger charge is -2.19. The molecular formula is C22H28N2O4S. The predicted molar refractivity (Wildman–Crippen MR) is 114 cm³/mol. The lowest BCUT2D eigenvalue weighted by molar-refractivity contribution is -0.124. The van der Waals surface area contributed by atoms with Crippen LogP contribution in [0.5, 0.6) is 5.75 Å². The molecule has 1 saturated carbocycles. The van der Waals surface area contributed by atoms with Crippen molar-refractivity contribution in [3.8, 4) is 5.75 Å². The predicted octanol–water partition coefficient (Wildman–Crippen LogP) is 3.83. The summed E-state index contributed by atoms with van der Waals surface area (Å²) in [5.74, 6) is 0.677. The fourth-order valence-electron chi connectivity index (χ4n) is 3.19. The molecule has 1 amide bonds. The lowest BCUT2D eigenvalue weighted by atomic mass is 9.94. The second-order valence-corrected chi connectivity index (χ2v) is 9.13. The van der Waals surface area contributed by atoms with Crippen molar-refractivity contribution in [3.63, 3.8) is 0 Å². The minimum atomic E-state index is -3.70. The first-order valence-electron chi connectivity index (χ1n) is 9.98. The normalized spacial score (nSPS) is 16.0. The molecule has 0 saturated heterocycles. The molecule has 2 aromatic carbocycles. The van der Waals surface area contributed by atoms with Gasteiger partial charge in [-0.1, -0.05) is 19.1 Å². The molecule has 1 atom stereocenters. The quantitative estimate of drug-likeness (QED) is 0.651. The van der Waals surface area contributed by atoms with Gasteiger partial charge in [0.15, 0.2) is 0 Å². The fraction of sp³-hybridized carbons (Fsp3) is 0.409. The monoisotopic (exact) mass is 416 g/mol. The molecule has 0 heterocycles. The van der Waals surface area contributed by atoms with E-state index >= 15 is 0 Å². The molecule has 2 aromatic rings. The van der Waals surface area contributed by atoms with Crippen LogP contribution in [0, 0.1) is 0 Å². The number of sulfonamides is 1. The van der Waals surface area contributed by atoms with Crippen molar-refractivity contribution in [2.75, 3.05) is 11.3 Å². The van der Waals surface area contributed by atoms with Crippen LogP contribution in [0.25, 0.3) is 0 Å². The summed E-state index contributed by atoms with van der Waals surface area (Å²) in [7, 11) is -3.70. The highest BCUT2D eigenvalue weighted by Gasteiger charge is 2.51. The molecule has 0 radical (unpaired) electrons. The van der Waals surface area contributed by atoms with E-state index in [9.17, 15) is 13.2 Å². The molecule has 6 nitrogen and oxygen atoms in total. The largest absolute Gasteiger partial charge is 0.494 e. The minimum absolute atomic E-state index is 0.0505. The highest BCUT2D eigenvalue weighted by atomic mass is 32.2. The first kappa shape index (κ1) is 21.2. The van der Waals surface area contributed by atoms with Crippen molar-refractivity contribution in [1.29, 1.82) is 0 Å². The van der Waals surface area contributed by atoms with Crippen LogP contribution < -0.4 is 14.8 Å². The summed E-state index contributed by atoms with van der Waals surface area (Å²) >= 11 is 0. The summed E-state index contributed by atoms with van der Waals surface area (Å²) in [5.41, 5.74) is 0.902. The Bertz CT molecular complexity index is 949. The average Bonchev–Trinajstić information content (AvgIpc) is 3.51. The van der Waals surface area contributed by atoms with Gasteiger partial charge in [0.1, 0.15) is 5.75 Å². The Morgan fingerprint density at radius 2 is 1.69 bits per heavy atom. The molecule has 0 spiro atoms. The van der Waals surface area contributed by atoms with Crippen LogP contribution in [-0.4, -0.2) is 27.0 Å². The fourth-order valence-corrected chi connectivity index (χ4v) is 4.25. The van der Waals surface area contributed by atoms with Gasteiger partial charge < -0.3 is 10.1 Å². The van der Waals surface area contributed by atoms with Gasteiger partial charge >= 0.3 is 0 Å². The molecule has 0 aliphatic heterocycles. The van der Waals surface area contributed by atoms with Crippen LogP contribution >= 0.6 is 0 Å².